The normalized spacial score (nSPS) is 19.7. The smallest absolute Gasteiger partial charge is 0.261 e. The number of halogens is 2. The van der Waals surface area contributed by atoms with Gasteiger partial charge in [0.15, 0.2) is 5.60 Å². The molecule has 0 aromatic heterocycles. The third kappa shape index (κ3) is 3.57. The number of oxime groups is 1. The van der Waals surface area contributed by atoms with Crippen LogP contribution in [0, 0.1) is 0 Å². The summed E-state index contributed by atoms with van der Waals surface area (Å²) in [7, 11) is 0. The van der Waals surface area contributed by atoms with Crippen LogP contribution in [0.5, 0.6) is 0 Å². The summed E-state index contributed by atoms with van der Waals surface area (Å²) in [6.07, 6.45) is 0.557. The van der Waals surface area contributed by atoms with Gasteiger partial charge in [-0.25, -0.2) is 0 Å². The van der Waals surface area contributed by atoms with Gasteiger partial charge in [0.25, 0.3) is 11.8 Å². The molecule has 0 saturated heterocycles. The lowest BCUT2D eigenvalue weighted by Crippen LogP contribution is -2.29. The average Bonchev–Trinajstić information content (AvgIpc) is 3.29. The Hall–Kier alpha value is -3.15. The molecule has 1 unspecified atom stereocenters. The van der Waals surface area contributed by atoms with E-state index in [9.17, 15) is 9.59 Å². The molecular weight excluding hydrogens is 447 g/mol. The first-order chi connectivity index (χ1) is 15.3. The molecule has 0 bridgehead atoms. The van der Waals surface area contributed by atoms with E-state index in [1.54, 1.807) is 30.3 Å². The first-order valence-corrected chi connectivity index (χ1v) is 10.9. The van der Waals surface area contributed by atoms with Gasteiger partial charge >= 0.3 is 0 Å². The predicted octanol–water partition coefficient (Wildman–Crippen LogP) is 5.83. The molecule has 3 aromatic rings. The van der Waals surface area contributed by atoms with Gasteiger partial charge in [0.2, 0.25) is 0 Å². The molecular formula is C25H18Cl2N2O3. The molecule has 0 saturated carbocycles. The van der Waals surface area contributed by atoms with Crippen molar-refractivity contribution in [2.24, 2.45) is 5.16 Å². The third-order valence-electron chi connectivity index (χ3n) is 5.84. The van der Waals surface area contributed by atoms with Crippen molar-refractivity contribution in [2.75, 3.05) is 0 Å². The Morgan fingerprint density at radius 2 is 1.53 bits per heavy atom. The molecule has 2 heterocycles. The lowest BCUT2D eigenvalue weighted by Gasteiger charge is -2.22. The van der Waals surface area contributed by atoms with Gasteiger partial charge in [-0.1, -0.05) is 64.8 Å². The van der Waals surface area contributed by atoms with E-state index >= 15 is 0 Å². The van der Waals surface area contributed by atoms with Crippen LogP contribution in [-0.2, 0) is 17.0 Å². The maximum atomic E-state index is 12.6. The number of rotatable bonds is 4. The molecule has 2 amide bonds. The van der Waals surface area contributed by atoms with Crippen molar-refractivity contribution in [1.82, 2.24) is 4.90 Å². The zero-order chi connectivity index (χ0) is 22.5. The topological polar surface area (TPSA) is 59.0 Å². The van der Waals surface area contributed by atoms with Crippen LogP contribution in [0.1, 0.15) is 50.8 Å². The second-order valence-electron chi connectivity index (χ2n) is 8.13. The van der Waals surface area contributed by atoms with Gasteiger partial charge in [0, 0.05) is 22.0 Å². The summed E-state index contributed by atoms with van der Waals surface area (Å²) >= 11 is 12.3. The Bertz CT molecular complexity index is 1230. The van der Waals surface area contributed by atoms with Crippen molar-refractivity contribution in [3.8, 4) is 0 Å². The molecule has 2 aliphatic heterocycles. The Morgan fingerprint density at radius 1 is 0.938 bits per heavy atom. The second-order valence-corrected chi connectivity index (χ2v) is 9.01. The Kier molecular flexibility index (Phi) is 5.03. The van der Waals surface area contributed by atoms with Crippen molar-refractivity contribution >= 4 is 40.7 Å². The van der Waals surface area contributed by atoms with E-state index in [1.807, 2.05) is 43.3 Å². The highest BCUT2D eigenvalue weighted by molar-refractivity contribution is 6.34. The first-order valence-electron chi connectivity index (χ1n) is 10.1. The lowest BCUT2D eigenvalue weighted by molar-refractivity contribution is -0.00738. The Labute approximate surface area is 195 Å². The number of hydrogen-bond donors (Lipinski definition) is 0. The van der Waals surface area contributed by atoms with Crippen LogP contribution in [0.15, 0.2) is 71.9 Å². The van der Waals surface area contributed by atoms with E-state index in [-0.39, 0.29) is 18.4 Å². The monoisotopic (exact) mass is 464 g/mol. The summed E-state index contributed by atoms with van der Waals surface area (Å²) < 4.78 is 0. The van der Waals surface area contributed by atoms with Crippen molar-refractivity contribution in [2.45, 2.75) is 25.5 Å². The quantitative estimate of drug-likeness (QED) is 0.456. The largest absolute Gasteiger partial charge is 0.384 e. The average molecular weight is 465 g/mol. The van der Waals surface area contributed by atoms with Crippen LogP contribution in [0.3, 0.4) is 0 Å². The Morgan fingerprint density at radius 3 is 2.12 bits per heavy atom. The number of imide groups is 1. The number of amides is 2. The van der Waals surface area contributed by atoms with Crippen LogP contribution in [0.25, 0.3) is 0 Å². The molecule has 0 radical (unpaired) electrons. The van der Waals surface area contributed by atoms with Crippen molar-refractivity contribution in [3.63, 3.8) is 0 Å². The van der Waals surface area contributed by atoms with Gasteiger partial charge in [0.1, 0.15) is 0 Å². The number of hydrogen-bond acceptors (Lipinski definition) is 4. The zero-order valence-electron chi connectivity index (χ0n) is 17.1. The van der Waals surface area contributed by atoms with Gasteiger partial charge in [-0.05, 0) is 48.4 Å². The summed E-state index contributed by atoms with van der Waals surface area (Å²) in [6.45, 7) is 2.16. The van der Waals surface area contributed by atoms with Gasteiger partial charge in [-0.15, -0.1) is 0 Å². The molecule has 32 heavy (non-hydrogen) atoms. The minimum atomic E-state index is -0.664. The number of fused-ring (bicyclic) bond motifs is 1. The van der Waals surface area contributed by atoms with Gasteiger partial charge in [0.05, 0.1) is 23.4 Å². The molecule has 7 heteroatoms. The summed E-state index contributed by atoms with van der Waals surface area (Å²) in [5.41, 5.74) is 3.66. The summed E-state index contributed by atoms with van der Waals surface area (Å²) in [5.74, 6) is -0.529. The number of nitrogens with zero attached hydrogens (tertiary/aromatic N) is 2. The van der Waals surface area contributed by atoms with E-state index in [2.05, 4.69) is 5.16 Å². The molecule has 5 rings (SSSR count). The maximum absolute atomic E-state index is 12.6. The summed E-state index contributed by atoms with van der Waals surface area (Å²) in [5, 5.41) is 5.38. The summed E-state index contributed by atoms with van der Waals surface area (Å²) in [6, 6.07) is 19.9. The fourth-order valence-corrected chi connectivity index (χ4v) is 4.60. The van der Waals surface area contributed by atoms with Gasteiger partial charge in [-0.3, -0.25) is 14.5 Å². The van der Waals surface area contributed by atoms with Crippen LogP contribution in [0.2, 0.25) is 10.0 Å². The molecule has 1 atom stereocenters. The highest BCUT2D eigenvalue weighted by Gasteiger charge is 2.37. The van der Waals surface area contributed by atoms with E-state index in [0.29, 0.717) is 27.6 Å². The summed E-state index contributed by atoms with van der Waals surface area (Å²) in [4.78, 5) is 32.2. The highest BCUT2D eigenvalue weighted by atomic mass is 35.5. The van der Waals surface area contributed by atoms with Crippen LogP contribution in [-0.4, -0.2) is 22.4 Å². The van der Waals surface area contributed by atoms with Gasteiger partial charge < -0.3 is 4.84 Å². The number of carbonyl (C=O) groups is 2. The zero-order valence-corrected chi connectivity index (χ0v) is 18.7. The third-order valence-corrected chi connectivity index (χ3v) is 6.28. The minimum Gasteiger partial charge on any atom is -0.384 e. The Balaban J connectivity index is 1.31. The van der Waals surface area contributed by atoms with Crippen molar-refractivity contribution in [1.29, 1.82) is 0 Å². The molecule has 3 aromatic carbocycles. The van der Waals surface area contributed by atoms with Crippen LogP contribution in [0.4, 0.5) is 0 Å². The molecule has 0 N–H and O–H groups in total. The molecule has 2 aliphatic rings. The number of carbonyl (C=O) groups excluding carboxylic acids is 2. The van der Waals surface area contributed by atoms with E-state index < -0.39 is 5.60 Å². The van der Waals surface area contributed by atoms with Gasteiger partial charge in [-0.2, -0.15) is 0 Å². The fraction of sp³-hybridized carbons (Fsp3) is 0.160. The SMILES string of the molecule is CC1(c2cc(Cl)cc(Cl)c2)CC(c2ccc(CN3C(=O)c4ccccc4C3=O)cc2)=NO1. The molecule has 0 fully saturated rings. The lowest BCUT2D eigenvalue weighted by atomic mass is 9.89. The second kappa shape index (κ2) is 7.76. The van der Waals surface area contributed by atoms with Crippen LogP contribution < -0.4 is 0 Å². The van der Waals surface area contributed by atoms with Crippen molar-refractivity contribution < 1.29 is 14.4 Å². The number of benzene rings is 3. The predicted molar refractivity (Wildman–Crippen MR) is 123 cm³/mol. The standard InChI is InChI=1S/C25H18Cl2N2O3/c1-25(17-10-18(26)12-19(27)11-17)13-22(28-32-25)16-8-6-15(7-9-16)14-29-23(30)20-4-2-3-5-21(20)24(29)31/h2-12H,13-14H2,1H3. The first kappa shape index (κ1) is 20.7. The van der Waals surface area contributed by atoms with E-state index in [4.69, 9.17) is 28.0 Å². The maximum Gasteiger partial charge on any atom is 0.261 e. The van der Waals surface area contributed by atoms with Crippen molar-refractivity contribution in [3.05, 3.63) is 105 Å². The molecule has 5 nitrogen and oxygen atoms in total. The highest BCUT2D eigenvalue weighted by Crippen LogP contribution is 2.38. The van der Waals surface area contributed by atoms with E-state index in [1.165, 1.54) is 4.90 Å². The molecule has 0 spiro atoms. The minimum absolute atomic E-state index is 0.217. The molecule has 0 aliphatic carbocycles. The van der Waals surface area contributed by atoms with E-state index in [0.717, 1.165) is 22.4 Å². The molecule has 160 valence electrons. The fourth-order valence-electron chi connectivity index (χ4n) is 4.08. The van der Waals surface area contributed by atoms with Crippen LogP contribution >= 0.6 is 23.2 Å².